The van der Waals surface area contributed by atoms with E-state index < -0.39 is 97.2 Å². The molecular weight excluding hydrogens is 652 g/mol. The molecule has 0 aromatic carbocycles. The van der Waals surface area contributed by atoms with Crippen molar-refractivity contribution in [3.63, 3.8) is 0 Å². The van der Waals surface area contributed by atoms with Gasteiger partial charge in [-0.2, -0.15) is 0 Å². The number of alkyl carbamates (subject to hydrolysis) is 2. The highest BCUT2D eigenvalue weighted by atomic mass is 33.1. The van der Waals surface area contributed by atoms with Gasteiger partial charge < -0.3 is 50.8 Å². The van der Waals surface area contributed by atoms with Crippen LogP contribution in [0.4, 0.5) is 9.59 Å². The Morgan fingerprint density at radius 1 is 0.543 bits per heavy atom. The van der Waals surface area contributed by atoms with Gasteiger partial charge in [-0.25, -0.2) is 9.59 Å². The van der Waals surface area contributed by atoms with Gasteiger partial charge in [0.15, 0.2) is 0 Å². The number of hydrogen-bond donors (Lipinski definition) is 6. The summed E-state index contributed by atoms with van der Waals surface area (Å²) >= 11 is 0. The smallest absolute Gasteiger partial charge is 0.408 e. The largest absolute Gasteiger partial charge is 0.468 e. The lowest BCUT2D eigenvalue weighted by atomic mass is 10.2. The van der Waals surface area contributed by atoms with Crippen LogP contribution in [0.25, 0.3) is 0 Å². The number of methoxy groups -OCH3 is 2. The summed E-state index contributed by atoms with van der Waals surface area (Å²) in [4.78, 5) is 97.0. The van der Waals surface area contributed by atoms with E-state index >= 15 is 0 Å². The molecule has 0 aliphatic carbocycles. The molecule has 0 aliphatic heterocycles. The van der Waals surface area contributed by atoms with Crippen LogP contribution in [-0.4, -0.2) is 123 Å². The average Bonchev–Trinajstić information content (AvgIpc) is 2.95. The Morgan fingerprint density at radius 2 is 0.870 bits per heavy atom. The lowest BCUT2D eigenvalue weighted by Crippen LogP contribution is -2.52. The molecule has 18 nitrogen and oxygen atoms in total. The minimum Gasteiger partial charge on any atom is -0.468 e. The van der Waals surface area contributed by atoms with Crippen LogP contribution in [0.3, 0.4) is 0 Å². The first-order valence-electron chi connectivity index (χ1n) is 13.7. The number of hydrogen-bond acceptors (Lipinski definition) is 14. The van der Waals surface area contributed by atoms with Crippen molar-refractivity contribution in [2.24, 2.45) is 0 Å². The fraction of sp³-hybridized carbons (Fsp3) is 0.692. The van der Waals surface area contributed by atoms with E-state index in [0.29, 0.717) is 0 Å². The summed E-state index contributed by atoms with van der Waals surface area (Å²) in [7, 11) is 4.32. The van der Waals surface area contributed by atoms with Crippen molar-refractivity contribution >= 4 is 69.3 Å². The molecule has 0 heterocycles. The van der Waals surface area contributed by atoms with Crippen molar-refractivity contribution in [1.82, 2.24) is 31.9 Å². The maximum absolute atomic E-state index is 12.7. The molecule has 0 bridgehead atoms. The lowest BCUT2D eigenvalue weighted by molar-refractivity contribution is -0.141. The molecule has 0 aromatic rings. The van der Waals surface area contributed by atoms with Crippen LogP contribution in [-0.2, 0) is 47.7 Å². The molecule has 0 unspecified atom stereocenters. The van der Waals surface area contributed by atoms with Gasteiger partial charge in [-0.15, -0.1) is 0 Å². The molecule has 262 valence electrons. The van der Waals surface area contributed by atoms with Crippen molar-refractivity contribution in [1.29, 1.82) is 0 Å². The molecule has 0 rings (SSSR count). The van der Waals surface area contributed by atoms with Gasteiger partial charge in [0, 0.05) is 11.5 Å². The summed E-state index contributed by atoms with van der Waals surface area (Å²) in [6.07, 6.45) is -1.70. The molecule has 6 amide bonds. The summed E-state index contributed by atoms with van der Waals surface area (Å²) in [6, 6.07) is -2.40. The van der Waals surface area contributed by atoms with Gasteiger partial charge in [0.2, 0.25) is 23.6 Å². The number of rotatable bonds is 17. The van der Waals surface area contributed by atoms with E-state index in [2.05, 4.69) is 41.4 Å². The van der Waals surface area contributed by atoms with Gasteiger partial charge in [0.1, 0.15) is 49.5 Å². The molecule has 0 radical (unpaired) electrons. The quantitative estimate of drug-likeness (QED) is 0.0461. The second-order valence-corrected chi connectivity index (χ2v) is 13.7. The van der Waals surface area contributed by atoms with E-state index in [1.807, 2.05) is 0 Å². The molecule has 0 saturated heterocycles. The summed E-state index contributed by atoms with van der Waals surface area (Å²) in [5, 5.41) is 14.1. The second kappa shape index (κ2) is 21.0. The lowest BCUT2D eigenvalue weighted by Gasteiger charge is -2.21. The average molecular weight is 697 g/mol. The molecule has 2 atom stereocenters. The highest BCUT2D eigenvalue weighted by molar-refractivity contribution is 8.76. The third kappa shape index (κ3) is 21.7. The summed E-state index contributed by atoms with van der Waals surface area (Å²) in [5.41, 5.74) is -1.60. The summed E-state index contributed by atoms with van der Waals surface area (Å²) < 4.78 is 19.1. The topological polar surface area (TPSA) is 246 Å². The van der Waals surface area contributed by atoms with Gasteiger partial charge >= 0.3 is 24.1 Å². The van der Waals surface area contributed by atoms with Crippen LogP contribution in [0, 0.1) is 0 Å². The van der Waals surface area contributed by atoms with E-state index in [0.717, 1.165) is 35.8 Å². The van der Waals surface area contributed by atoms with Crippen LogP contribution < -0.4 is 31.9 Å². The van der Waals surface area contributed by atoms with E-state index in [1.54, 1.807) is 41.5 Å². The molecule has 0 spiro atoms. The molecule has 0 aromatic heterocycles. The summed E-state index contributed by atoms with van der Waals surface area (Å²) in [6.45, 7) is 7.88. The molecule has 0 fully saturated rings. The van der Waals surface area contributed by atoms with Crippen molar-refractivity contribution in [3.8, 4) is 0 Å². The van der Waals surface area contributed by atoms with Gasteiger partial charge in [0.05, 0.1) is 14.2 Å². The highest BCUT2D eigenvalue weighted by Crippen LogP contribution is 2.23. The summed E-state index contributed by atoms with van der Waals surface area (Å²) in [5.74, 6) is -4.58. The third-order valence-electron chi connectivity index (χ3n) is 4.71. The first kappa shape index (κ1) is 42.1. The number of carbonyl (C=O) groups is 8. The van der Waals surface area contributed by atoms with Gasteiger partial charge in [0.25, 0.3) is 0 Å². The zero-order valence-electron chi connectivity index (χ0n) is 27.1. The van der Waals surface area contributed by atoms with E-state index in [9.17, 15) is 38.4 Å². The van der Waals surface area contributed by atoms with E-state index in [1.165, 1.54) is 0 Å². The fourth-order valence-electron chi connectivity index (χ4n) is 2.73. The number of nitrogens with one attached hydrogen (secondary N) is 6. The first-order valence-corrected chi connectivity index (χ1v) is 16.2. The van der Waals surface area contributed by atoms with Crippen LogP contribution in [0.5, 0.6) is 0 Å². The van der Waals surface area contributed by atoms with Gasteiger partial charge in [-0.3, -0.25) is 28.8 Å². The Bertz CT molecular complexity index is 1010. The monoisotopic (exact) mass is 696 g/mol. The zero-order chi connectivity index (χ0) is 35.5. The molecule has 6 N–H and O–H groups in total. The van der Waals surface area contributed by atoms with Crippen LogP contribution in [0.2, 0.25) is 0 Å². The minimum absolute atomic E-state index is 0.0828. The fourth-order valence-corrected chi connectivity index (χ4v) is 5.06. The SMILES string of the molecule is COC(=O)CNC(=O)[C@H](CSSC[C@H](NC(=O)CNC(=O)OC(C)(C)C)C(=O)NCC(=O)OC)NC(=O)CNC(=O)OC(C)(C)C. The Morgan fingerprint density at radius 3 is 1.15 bits per heavy atom. The Hall–Kier alpha value is -3.94. The Balaban J connectivity index is 5.35. The second-order valence-electron chi connectivity index (χ2n) is 11.1. The Kier molecular flexibility index (Phi) is 19.2. The highest BCUT2D eigenvalue weighted by Gasteiger charge is 2.26. The molecular formula is C26H44N6O12S2. The number of carbonyl (C=O) groups excluding carboxylic acids is 8. The molecule has 46 heavy (non-hydrogen) atoms. The van der Waals surface area contributed by atoms with Crippen molar-refractivity contribution in [2.75, 3.05) is 51.9 Å². The maximum atomic E-state index is 12.7. The van der Waals surface area contributed by atoms with E-state index in [-0.39, 0.29) is 11.5 Å². The third-order valence-corrected chi connectivity index (χ3v) is 7.13. The number of ether oxygens (including phenoxy) is 4. The van der Waals surface area contributed by atoms with Crippen LogP contribution in [0.1, 0.15) is 41.5 Å². The van der Waals surface area contributed by atoms with Gasteiger partial charge in [-0.05, 0) is 41.5 Å². The number of amides is 6. The van der Waals surface area contributed by atoms with Gasteiger partial charge in [-0.1, -0.05) is 21.6 Å². The zero-order valence-corrected chi connectivity index (χ0v) is 28.7. The first-order chi connectivity index (χ1) is 21.3. The van der Waals surface area contributed by atoms with Crippen LogP contribution >= 0.6 is 21.6 Å². The minimum atomic E-state index is -1.20. The molecule has 20 heteroatoms. The van der Waals surface area contributed by atoms with Crippen molar-refractivity contribution in [2.45, 2.75) is 64.8 Å². The maximum Gasteiger partial charge on any atom is 0.408 e. The predicted octanol–water partition coefficient (Wildman–Crippen LogP) is -1.03. The molecule has 0 saturated carbocycles. The normalized spacial score (nSPS) is 12.3. The Labute approximate surface area is 275 Å². The van der Waals surface area contributed by atoms with E-state index in [4.69, 9.17) is 9.47 Å². The van der Waals surface area contributed by atoms with Crippen LogP contribution in [0.15, 0.2) is 0 Å². The molecule has 0 aliphatic rings. The van der Waals surface area contributed by atoms with Crippen molar-refractivity contribution in [3.05, 3.63) is 0 Å². The standard InChI is InChI=1S/C26H44N6O12S2/c1-25(2,3)43-23(39)29-9-17(33)31-15(21(37)27-11-19(35)41-7)13-45-46-14-16(22(38)28-12-20(36)42-8)32-18(34)10-30-24(40)44-26(4,5)6/h15-16H,9-14H2,1-8H3,(H,27,37)(H,28,38)(H,29,39)(H,30,40)(H,31,33)(H,32,34)/t15-,16-/m0/s1. The predicted molar refractivity (Wildman–Crippen MR) is 167 cm³/mol. The van der Waals surface area contributed by atoms with Crippen molar-refractivity contribution < 1.29 is 57.3 Å². The number of esters is 2.